The number of anilines is 1. The number of benzene rings is 2. The van der Waals surface area contributed by atoms with Crippen molar-refractivity contribution in [2.45, 2.75) is 39.8 Å². The van der Waals surface area contributed by atoms with E-state index in [1.165, 1.54) is 31.2 Å². The van der Waals surface area contributed by atoms with Crippen molar-refractivity contribution in [3.8, 4) is 17.1 Å². The summed E-state index contributed by atoms with van der Waals surface area (Å²) in [4.78, 5) is 34.5. The molecule has 40 heavy (non-hydrogen) atoms. The molecular formula is C28H24Cl2F3N5O2. The lowest BCUT2D eigenvalue weighted by Crippen LogP contribution is -2.20. The van der Waals surface area contributed by atoms with Crippen molar-refractivity contribution in [2.75, 3.05) is 5.32 Å². The largest absolute Gasteiger partial charge is 0.433 e. The SMILES string of the molecule is CC[C@H](C)CC(=O)c1c(Cl)cccc1C(=O)Nc1nc(C)cc(-n2nc(-c3ccc(Cl)cc3)cc2C(F)(F)F)n1. The van der Waals surface area contributed by atoms with Crippen molar-refractivity contribution in [3.05, 3.63) is 87.2 Å². The minimum absolute atomic E-state index is 0.00699. The maximum Gasteiger partial charge on any atom is 0.433 e. The van der Waals surface area contributed by atoms with Gasteiger partial charge >= 0.3 is 6.18 Å². The molecule has 0 unspecified atom stereocenters. The molecule has 2 aromatic heterocycles. The molecule has 0 aliphatic carbocycles. The average molecular weight is 590 g/mol. The van der Waals surface area contributed by atoms with E-state index >= 15 is 0 Å². The van der Waals surface area contributed by atoms with Crippen LogP contribution < -0.4 is 5.32 Å². The highest BCUT2D eigenvalue weighted by Gasteiger charge is 2.37. The van der Waals surface area contributed by atoms with Gasteiger partial charge in [-0.25, -0.2) is 9.67 Å². The molecule has 1 N–H and O–H groups in total. The van der Waals surface area contributed by atoms with E-state index < -0.39 is 17.8 Å². The minimum Gasteiger partial charge on any atom is -0.294 e. The number of ketones is 1. The van der Waals surface area contributed by atoms with Crippen LogP contribution in [0.4, 0.5) is 19.1 Å². The van der Waals surface area contributed by atoms with E-state index in [0.717, 1.165) is 12.5 Å². The van der Waals surface area contributed by atoms with Crippen molar-refractivity contribution >= 4 is 40.8 Å². The zero-order valence-corrected chi connectivity index (χ0v) is 23.2. The molecule has 1 amide bonds. The summed E-state index contributed by atoms with van der Waals surface area (Å²) in [5.41, 5.74) is -0.254. The van der Waals surface area contributed by atoms with E-state index in [-0.39, 0.29) is 57.4 Å². The predicted molar refractivity (Wildman–Crippen MR) is 147 cm³/mol. The number of nitrogens with zero attached hydrogens (tertiary/aromatic N) is 4. The van der Waals surface area contributed by atoms with Gasteiger partial charge in [0.2, 0.25) is 5.95 Å². The Morgan fingerprint density at radius 1 is 1.05 bits per heavy atom. The molecule has 208 valence electrons. The van der Waals surface area contributed by atoms with Crippen molar-refractivity contribution in [1.82, 2.24) is 19.7 Å². The number of halogens is 5. The summed E-state index contributed by atoms with van der Waals surface area (Å²) in [5.74, 6) is -1.43. The van der Waals surface area contributed by atoms with Gasteiger partial charge in [-0.15, -0.1) is 0 Å². The van der Waals surface area contributed by atoms with Crippen LogP contribution in [0.2, 0.25) is 10.0 Å². The first-order valence-corrected chi connectivity index (χ1v) is 13.0. The second kappa shape index (κ2) is 11.8. The third kappa shape index (κ3) is 6.51. The van der Waals surface area contributed by atoms with Crippen LogP contribution in [0.25, 0.3) is 17.1 Å². The van der Waals surface area contributed by atoms with Crippen LogP contribution in [0.5, 0.6) is 0 Å². The smallest absolute Gasteiger partial charge is 0.294 e. The molecule has 12 heteroatoms. The average Bonchev–Trinajstić information content (AvgIpc) is 3.35. The lowest BCUT2D eigenvalue weighted by molar-refractivity contribution is -0.142. The third-order valence-corrected chi connectivity index (χ3v) is 6.76. The van der Waals surface area contributed by atoms with Crippen LogP contribution in [0.1, 0.15) is 58.8 Å². The summed E-state index contributed by atoms with van der Waals surface area (Å²) < 4.78 is 42.6. The van der Waals surface area contributed by atoms with Gasteiger partial charge < -0.3 is 0 Å². The lowest BCUT2D eigenvalue weighted by atomic mass is 9.94. The number of Topliss-reactive ketones (excluding diaryl/α,β-unsaturated/α-hetero) is 1. The van der Waals surface area contributed by atoms with E-state index in [1.807, 2.05) is 13.8 Å². The Kier molecular flexibility index (Phi) is 8.60. The Hall–Kier alpha value is -3.76. The first kappa shape index (κ1) is 29.2. The van der Waals surface area contributed by atoms with Crippen LogP contribution in [-0.4, -0.2) is 31.4 Å². The molecule has 1 atom stereocenters. The summed E-state index contributed by atoms with van der Waals surface area (Å²) in [6.07, 6.45) is -3.79. The molecule has 0 fully saturated rings. The number of nitrogens with one attached hydrogen (secondary N) is 1. The second-order valence-electron chi connectivity index (χ2n) is 9.28. The van der Waals surface area contributed by atoms with Gasteiger partial charge in [-0.2, -0.15) is 23.3 Å². The van der Waals surface area contributed by atoms with E-state index in [9.17, 15) is 22.8 Å². The fourth-order valence-corrected chi connectivity index (χ4v) is 4.37. The zero-order valence-electron chi connectivity index (χ0n) is 21.7. The first-order valence-electron chi connectivity index (χ1n) is 12.3. The van der Waals surface area contributed by atoms with Crippen molar-refractivity contribution in [2.24, 2.45) is 5.92 Å². The second-order valence-corrected chi connectivity index (χ2v) is 10.1. The molecule has 2 heterocycles. The number of aromatic nitrogens is 4. The number of amides is 1. The number of aryl methyl sites for hydroxylation is 1. The van der Waals surface area contributed by atoms with Gasteiger partial charge in [0, 0.05) is 34.3 Å². The number of alkyl halides is 3. The highest BCUT2D eigenvalue weighted by atomic mass is 35.5. The van der Waals surface area contributed by atoms with Gasteiger partial charge in [0.05, 0.1) is 16.3 Å². The first-order chi connectivity index (χ1) is 18.9. The molecule has 0 aliphatic rings. The highest BCUT2D eigenvalue weighted by Crippen LogP contribution is 2.34. The molecule has 0 aliphatic heterocycles. The summed E-state index contributed by atoms with van der Waals surface area (Å²) in [5, 5.41) is 7.18. The van der Waals surface area contributed by atoms with Gasteiger partial charge in [0.1, 0.15) is 0 Å². The van der Waals surface area contributed by atoms with E-state index in [1.54, 1.807) is 24.3 Å². The maximum absolute atomic E-state index is 14.0. The van der Waals surface area contributed by atoms with Crippen molar-refractivity contribution in [1.29, 1.82) is 0 Å². The number of rotatable bonds is 8. The van der Waals surface area contributed by atoms with Crippen LogP contribution >= 0.6 is 23.2 Å². The molecule has 0 radical (unpaired) electrons. The minimum atomic E-state index is -4.76. The van der Waals surface area contributed by atoms with E-state index in [2.05, 4.69) is 20.4 Å². The standard InChI is InChI=1S/C28H24Cl2F3N5O2/c1-4-15(2)12-22(39)25-19(6-5-7-20(25)30)26(40)36-27-34-16(3)13-24(35-27)38-23(28(31,32)33)14-21(37-38)17-8-10-18(29)11-9-17/h5-11,13-15H,4,12H2,1-3H3,(H,34,35,36,40)/t15-/m0/s1. The van der Waals surface area contributed by atoms with Crippen molar-refractivity contribution < 1.29 is 22.8 Å². The molecule has 4 aromatic rings. The predicted octanol–water partition coefficient (Wildman–Crippen LogP) is 7.83. The molecule has 2 aromatic carbocycles. The molecule has 4 rings (SSSR count). The van der Waals surface area contributed by atoms with Gasteiger partial charge in [0.15, 0.2) is 17.3 Å². The number of carbonyl (C=O) groups excluding carboxylic acids is 2. The Bertz CT molecular complexity index is 1570. The lowest BCUT2D eigenvalue weighted by Gasteiger charge is -2.14. The topological polar surface area (TPSA) is 89.8 Å². The molecule has 0 saturated heterocycles. The van der Waals surface area contributed by atoms with Gasteiger partial charge in [0.25, 0.3) is 5.91 Å². The Labute approximate surface area is 238 Å². The number of carbonyl (C=O) groups is 2. The van der Waals surface area contributed by atoms with Crippen LogP contribution in [0, 0.1) is 12.8 Å². The molecule has 7 nitrogen and oxygen atoms in total. The normalized spacial score (nSPS) is 12.3. The summed E-state index contributed by atoms with van der Waals surface area (Å²) in [6, 6.07) is 12.9. The van der Waals surface area contributed by atoms with Crippen LogP contribution in [0.3, 0.4) is 0 Å². The number of hydrogen-bond donors (Lipinski definition) is 1. The quantitative estimate of drug-likeness (QED) is 0.211. The summed E-state index contributed by atoms with van der Waals surface area (Å²) in [7, 11) is 0. The van der Waals surface area contributed by atoms with Gasteiger partial charge in [-0.05, 0) is 43.2 Å². The Morgan fingerprint density at radius 3 is 2.40 bits per heavy atom. The van der Waals surface area contributed by atoms with E-state index in [0.29, 0.717) is 15.3 Å². The van der Waals surface area contributed by atoms with Crippen molar-refractivity contribution in [3.63, 3.8) is 0 Å². The number of hydrogen-bond acceptors (Lipinski definition) is 5. The third-order valence-electron chi connectivity index (χ3n) is 6.19. The fourth-order valence-electron chi connectivity index (χ4n) is 3.96. The maximum atomic E-state index is 14.0. The highest BCUT2D eigenvalue weighted by molar-refractivity contribution is 6.35. The molecular weight excluding hydrogens is 566 g/mol. The summed E-state index contributed by atoms with van der Waals surface area (Å²) in [6.45, 7) is 5.41. The van der Waals surface area contributed by atoms with Crippen LogP contribution in [-0.2, 0) is 6.18 Å². The zero-order chi connectivity index (χ0) is 29.2. The fraction of sp³-hybridized carbons (Fsp3) is 0.250. The van der Waals surface area contributed by atoms with Crippen LogP contribution in [0.15, 0.2) is 54.6 Å². The van der Waals surface area contributed by atoms with Gasteiger partial charge in [-0.1, -0.05) is 61.7 Å². The Balaban J connectivity index is 1.72. The van der Waals surface area contributed by atoms with Gasteiger partial charge in [-0.3, -0.25) is 14.9 Å². The van der Waals surface area contributed by atoms with E-state index in [4.69, 9.17) is 23.2 Å². The summed E-state index contributed by atoms with van der Waals surface area (Å²) >= 11 is 12.2. The monoisotopic (exact) mass is 589 g/mol. The molecule has 0 bridgehead atoms. The molecule has 0 saturated carbocycles. The molecule has 0 spiro atoms. The Morgan fingerprint density at radius 2 is 1.75 bits per heavy atom.